The lowest BCUT2D eigenvalue weighted by molar-refractivity contribution is -0.107. The molecule has 0 amide bonds. The summed E-state index contributed by atoms with van der Waals surface area (Å²) in [5, 5.41) is 0. The van der Waals surface area contributed by atoms with Gasteiger partial charge in [0.15, 0.2) is 0 Å². The first-order valence-electron chi connectivity index (χ1n) is 4.89. The average molecular weight is 168 g/mol. The van der Waals surface area contributed by atoms with Crippen LogP contribution in [0.4, 0.5) is 0 Å². The molecule has 0 radical (unpaired) electrons. The predicted molar refractivity (Wildman–Crippen MR) is 53.1 cm³/mol. The number of allylic oxidation sites excluding steroid dienone is 2. The molecule has 1 heteroatoms. The fraction of sp³-hybridized carbons (Fsp3) is 0.727. The van der Waals surface area contributed by atoms with Crippen molar-refractivity contribution in [1.29, 1.82) is 0 Å². The molecule has 0 saturated carbocycles. The van der Waals surface area contributed by atoms with Gasteiger partial charge in [-0.2, -0.15) is 0 Å². The van der Waals surface area contributed by atoms with Crippen LogP contribution in [0, 0.1) is 5.92 Å². The van der Waals surface area contributed by atoms with Crippen molar-refractivity contribution in [2.24, 2.45) is 5.92 Å². The highest BCUT2D eigenvalue weighted by atomic mass is 16.1. The van der Waals surface area contributed by atoms with Crippen molar-refractivity contribution in [3.05, 3.63) is 12.2 Å². The Labute approximate surface area is 75.9 Å². The quantitative estimate of drug-likeness (QED) is 0.421. The molecule has 1 atom stereocenters. The highest BCUT2D eigenvalue weighted by Crippen LogP contribution is 2.12. The third-order valence-electron chi connectivity index (χ3n) is 2.01. The zero-order chi connectivity index (χ0) is 9.23. The third kappa shape index (κ3) is 7.52. The average Bonchev–Trinajstić information content (AvgIpc) is 2.05. The monoisotopic (exact) mass is 168 g/mol. The van der Waals surface area contributed by atoms with Crippen LogP contribution < -0.4 is 0 Å². The van der Waals surface area contributed by atoms with Gasteiger partial charge in [-0.25, -0.2) is 0 Å². The van der Waals surface area contributed by atoms with Gasteiger partial charge in [-0.1, -0.05) is 38.8 Å². The first kappa shape index (κ1) is 11.4. The molecule has 0 aromatic carbocycles. The summed E-state index contributed by atoms with van der Waals surface area (Å²) in [5.74, 6) is 0.830. The lowest BCUT2D eigenvalue weighted by Crippen LogP contribution is -1.91. The maximum absolute atomic E-state index is 9.95. The first-order chi connectivity index (χ1) is 5.81. The Balaban J connectivity index is 3.23. The van der Waals surface area contributed by atoms with Crippen molar-refractivity contribution in [3.8, 4) is 0 Å². The van der Waals surface area contributed by atoms with E-state index in [1.807, 2.05) is 6.08 Å². The van der Waals surface area contributed by atoms with Crippen LogP contribution in [-0.2, 0) is 4.79 Å². The van der Waals surface area contributed by atoms with Crippen molar-refractivity contribution < 1.29 is 4.79 Å². The van der Waals surface area contributed by atoms with Crippen LogP contribution in [0.15, 0.2) is 12.2 Å². The second-order valence-electron chi connectivity index (χ2n) is 3.34. The van der Waals surface area contributed by atoms with E-state index in [0.29, 0.717) is 6.42 Å². The number of carbonyl (C=O) groups excluding carboxylic acids is 1. The van der Waals surface area contributed by atoms with E-state index in [4.69, 9.17) is 0 Å². The van der Waals surface area contributed by atoms with Crippen LogP contribution >= 0.6 is 0 Å². The lowest BCUT2D eigenvalue weighted by Gasteiger charge is -2.06. The molecule has 12 heavy (non-hydrogen) atoms. The van der Waals surface area contributed by atoms with Crippen LogP contribution in [0.5, 0.6) is 0 Å². The molecule has 1 nitrogen and oxygen atoms in total. The van der Waals surface area contributed by atoms with Gasteiger partial charge in [-0.05, 0) is 18.8 Å². The minimum atomic E-state index is 0.572. The van der Waals surface area contributed by atoms with Crippen LogP contribution in [0.3, 0.4) is 0 Å². The van der Waals surface area contributed by atoms with Gasteiger partial charge in [-0.3, -0.25) is 0 Å². The van der Waals surface area contributed by atoms with Crippen molar-refractivity contribution in [1.82, 2.24) is 0 Å². The fourth-order valence-corrected chi connectivity index (χ4v) is 1.29. The van der Waals surface area contributed by atoms with E-state index in [9.17, 15) is 4.79 Å². The number of aldehydes is 1. The van der Waals surface area contributed by atoms with Gasteiger partial charge in [0.1, 0.15) is 6.29 Å². The van der Waals surface area contributed by atoms with Crippen LogP contribution in [-0.4, -0.2) is 6.29 Å². The summed E-state index contributed by atoms with van der Waals surface area (Å²) in [6.45, 7) is 4.51. The van der Waals surface area contributed by atoms with Crippen molar-refractivity contribution in [2.45, 2.75) is 46.0 Å². The van der Waals surface area contributed by atoms with Crippen LogP contribution in [0.2, 0.25) is 0 Å². The molecule has 0 rings (SSSR count). The van der Waals surface area contributed by atoms with Gasteiger partial charge >= 0.3 is 0 Å². The van der Waals surface area contributed by atoms with E-state index in [1.54, 1.807) is 0 Å². The second kappa shape index (κ2) is 8.51. The highest BCUT2D eigenvalue weighted by molar-refractivity contribution is 5.51. The largest absolute Gasteiger partial charge is 0.303 e. The maximum atomic E-state index is 9.95. The van der Waals surface area contributed by atoms with E-state index < -0.39 is 0 Å². The Bertz CT molecular complexity index is 127. The molecule has 0 aromatic rings. The minimum absolute atomic E-state index is 0.572. The van der Waals surface area contributed by atoms with E-state index in [0.717, 1.165) is 18.6 Å². The standard InChI is InChI=1S/C11H20O/c1-3-8-11(2)9-6-4-5-7-10-12/h4-5,10-11H,3,6-9H2,1-2H3. The molecule has 0 N–H and O–H groups in total. The molecule has 0 saturated heterocycles. The number of rotatable bonds is 7. The zero-order valence-corrected chi connectivity index (χ0v) is 8.25. The fourth-order valence-electron chi connectivity index (χ4n) is 1.29. The summed E-state index contributed by atoms with van der Waals surface area (Å²) in [6.07, 6.45) is 10.5. The zero-order valence-electron chi connectivity index (χ0n) is 8.25. The second-order valence-corrected chi connectivity index (χ2v) is 3.34. The molecule has 1 unspecified atom stereocenters. The van der Waals surface area contributed by atoms with E-state index in [-0.39, 0.29) is 0 Å². The molecule has 0 bridgehead atoms. The molecule has 0 aliphatic carbocycles. The summed E-state index contributed by atoms with van der Waals surface area (Å²) in [6, 6.07) is 0. The summed E-state index contributed by atoms with van der Waals surface area (Å²) in [7, 11) is 0. The molecule has 0 aromatic heterocycles. The Kier molecular flexibility index (Phi) is 8.09. The summed E-state index contributed by atoms with van der Waals surface area (Å²) >= 11 is 0. The molecular formula is C11H20O. The first-order valence-corrected chi connectivity index (χ1v) is 4.89. The Morgan fingerprint density at radius 2 is 2.00 bits per heavy atom. The van der Waals surface area contributed by atoms with Gasteiger partial charge in [0.25, 0.3) is 0 Å². The Morgan fingerprint density at radius 3 is 2.58 bits per heavy atom. The minimum Gasteiger partial charge on any atom is -0.303 e. The predicted octanol–water partition coefficient (Wildman–Crippen LogP) is 3.35. The third-order valence-corrected chi connectivity index (χ3v) is 2.01. The van der Waals surface area contributed by atoms with Crippen molar-refractivity contribution in [3.63, 3.8) is 0 Å². The SMILES string of the molecule is CCCC(C)CCC=CCC=O. The normalized spacial score (nSPS) is 13.5. The highest BCUT2D eigenvalue weighted by Gasteiger charge is 1.97. The molecule has 0 aliphatic heterocycles. The smallest absolute Gasteiger partial charge is 0.123 e. The Morgan fingerprint density at radius 1 is 1.25 bits per heavy atom. The van der Waals surface area contributed by atoms with E-state index in [2.05, 4.69) is 19.9 Å². The molecular weight excluding hydrogens is 148 g/mol. The van der Waals surface area contributed by atoms with E-state index in [1.165, 1.54) is 19.3 Å². The lowest BCUT2D eigenvalue weighted by atomic mass is 10.0. The topological polar surface area (TPSA) is 17.1 Å². The molecule has 0 spiro atoms. The Hall–Kier alpha value is -0.590. The van der Waals surface area contributed by atoms with Gasteiger partial charge in [0.2, 0.25) is 0 Å². The van der Waals surface area contributed by atoms with Crippen molar-refractivity contribution in [2.75, 3.05) is 0 Å². The van der Waals surface area contributed by atoms with E-state index >= 15 is 0 Å². The van der Waals surface area contributed by atoms with Crippen LogP contribution in [0.1, 0.15) is 46.0 Å². The summed E-state index contributed by atoms with van der Waals surface area (Å²) in [5.41, 5.74) is 0. The van der Waals surface area contributed by atoms with Gasteiger partial charge in [-0.15, -0.1) is 0 Å². The van der Waals surface area contributed by atoms with Gasteiger partial charge in [0, 0.05) is 6.42 Å². The molecule has 70 valence electrons. The van der Waals surface area contributed by atoms with Gasteiger partial charge < -0.3 is 4.79 Å². The maximum Gasteiger partial charge on any atom is 0.123 e. The van der Waals surface area contributed by atoms with Crippen LogP contribution in [0.25, 0.3) is 0 Å². The number of hydrogen-bond donors (Lipinski definition) is 0. The molecule has 0 fully saturated rings. The molecule has 0 aliphatic rings. The number of hydrogen-bond acceptors (Lipinski definition) is 1. The summed E-state index contributed by atoms with van der Waals surface area (Å²) in [4.78, 5) is 9.95. The molecule has 0 heterocycles. The number of carbonyl (C=O) groups is 1. The van der Waals surface area contributed by atoms with Crippen molar-refractivity contribution >= 4 is 6.29 Å². The van der Waals surface area contributed by atoms with Gasteiger partial charge in [0.05, 0.1) is 0 Å². The summed E-state index contributed by atoms with van der Waals surface area (Å²) < 4.78 is 0.